The maximum atomic E-state index is 13.1. The maximum Gasteiger partial charge on any atom is 0.253 e. The molecular weight excluding hydrogens is 398 g/mol. The van der Waals surface area contributed by atoms with Crippen molar-refractivity contribution in [2.24, 2.45) is 11.8 Å². The van der Waals surface area contributed by atoms with E-state index in [0.29, 0.717) is 17.0 Å². The topological polar surface area (TPSA) is 62.6 Å². The van der Waals surface area contributed by atoms with Gasteiger partial charge in [0.2, 0.25) is 10.0 Å². The van der Waals surface area contributed by atoms with Crippen LogP contribution in [-0.4, -0.2) is 60.5 Å². The summed E-state index contributed by atoms with van der Waals surface area (Å²) in [6.07, 6.45) is 6.71. The highest BCUT2D eigenvalue weighted by Crippen LogP contribution is 2.36. The van der Waals surface area contributed by atoms with Crippen LogP contribution in [0.4, 0.5) is 0 Å². The van der Waals surface area contributed by atoms with Crippen LogP contribution in [0.5, 0.6) is 0 Å². The van der Waals surface area contributed by atoms with E-state index >= 15 is 0 Å². The Balaban J connectivity index is 1.54. The average molecular weight is 430 g/mol. The Morgan fingerprint density at radius 1 is 1.10 bits per heavy atom. The van der Waals surface area contributed by atoms with Gasteiger partial charge in [0, 0.05) is 55.8 Å². The SMILES string of the molecule is CC1CCN(C(=O)c2ccc3c(c2)c2c(n3S(C)(=O)=O)CCN(CC3CC3)C2)CC1. The zero-order valence-corrected chi connectivity index (χ0v) is 18.7. The fourth-order valence-electron chi connectivity index (χ4n) is 5.10. The highest BCUT2D eigenvalue weighted by molar-refractivity contribution is 7.89. The van der Waals surface area contributed by atoms with E-state index in [-0.39, 0.29) is 5.91 Å². The fourth-order valence-corrected chi connectivity index (χ4v) is 6.22. The second kappa shape index (κ2) is 7.38. The highest BCUT2D eigenvalue weighted by Gasteiger charge is 2.31. The van der Waals surface area contributed by atoms with Gasteiger partial charge in [0.15, 0.2) is 0 Å². The van der Waals surface area contributed by atoms with E-state index in [2.05, 4.69) is 11.8 Å². The number of aromatic nitrogens is 1. The molecule has 5 rings (SSSR count). The Bertz CT molecular complexity index is 1090. The van der Waals surface area contributed by atoms with E-state index in [4.69, 9.17) is 0 Å². The van der Waals surface area contributed by atoms with Gasteiger partial charge in [-0.3, -0.25) is 9.69 Å². The summed E-state index contributed by atoms with van der Waals surface area (Å²) in [5.74, 6) is 1.54. The minimum Gasteiger partial charge on any atom is -0.339 e. The van der Waals surface area contributed by atoms with E-state index in [9.17, 15) is 13.2 Å². The number of amides is 1. The molecule has 30 heavy (non-hydrogen) atoms. The van der Waals surface area contributed by atoms with Crippen molar-refractivity contribution in [3.8, 4) is 0 Å². The molecule has 162 valence electrons. The maximum absolute atomic E-state index is 13.1. The van der Waals surface area contributed by atoms with Crippen LogP contribution in [0, 0.1) is 11.8 Å². The molecule has 0 unspecified atom stereocenters. The average Bonchev–Trinajstić information content (AvgIpc) is 3.46. The molecule has 1 aliphatic carbocycles. The summed E-state index contributed by atoms with van der Waals surface area (Å²) in [5.41, 5.74) is 3.37. The van der Waals surface area contributed by atoms with Crippen LogP contribution in [-0.2, 0) is 23.0 Å². The predicted octanol–water partition coefficient (Wildman–Crippen LogP) is 3.09. The predicted molar refractivity (Wildman–Crippen MR) is 118 cm³/mol. The second-order valence-electron chi connectivity index (χ2n) is 9.59. The Hall–Kier alpha value is -1.86. The summed E-state index contributed by atoms with van der Waals surface area (Å²) in [6, 6.07) is 5.58. The molecule has 1 saturated carbocycles. The van der Waals surface area contributed by atoms with Crippen LogP contribution in [0.3, 0.4) is 0 Å². The smallest absolute Gasteiger partial charge is 0.253 e. The number of hydrogen-bond donors (Lipinski definition) is 0. The van der Waals surface area contributed by atoms with Crippen molar-refractivity contribution in [1.29, 1.82) is 0 Å². The number of carbonyl (C=O) groups excluding carboxylic acids is 1. The summed E-state index contributed by atoms with van der Waals surface area (Å²) >= 11 is 0. The third kappa shape index (κ3) is 3.66. The molecule has 0 bridgehead atoms. The molecule has 0 radical (unpaired) electrons. The number of likely N-dealkylation sites (tertiary alicyclic amines) is 1. The van der Waals surface area contributed by atoms with Crippen LogP contribution >= 0.6 is 0 Å². The molecule has 1 amide bonds. The van der Waals surface area contributed by atoms with Gasteiger partial charge in [0.1, 0.15) is 0 Å². The molecule has 2 aliphatic heterocycles. The van der Waals surface area contributed by atoms with E-state index in [1.807, 2.05) is 17.0 Å². The number of nitrogens with zero attached hydrogens (tertiary/aromatic N) is 3. The molecule has 7 heteroatoms. The van der Waals surface area contributed by atoms with Gasteiger partial charge in [-0.1, -0.05) is 6.92 Å². The third-order valence-electron chi connectivity index (χ3n) is 7.04. The molecule has 2 aromatic rings. The van der Waals surface area contributed by atoms with Crippen LogP contribution < -0.4 is 0 Å². The minimum absolute atomic E-state index is 0.0651. The molecule has 1 saturated heterocycles. The fraction of sp³-hybridized carbons (Fsp3) is 0.609. The number of carbonyl (C=O) groups is 1. The molecule has 0 N–H and O–H groups in total. The zero-order chi connectivity index (χ0) is 21.0. The van der Waals surface area contributed by atoms with Gasteiger partial charge in [0.05, 0.1) is 11.8 Å². The van der Waals surface area contributed by atoms with Crippen molar-refractivity contribution in [3.05, 3.63) is 35.0 Å². The van der Waals surface area contributed by atoms with E-state index in [1.165, 1.54) is 23.1 Å². The van der Waals surface area contributed by atoms with Gasteiger partial charge in [-0.05, 0) is 61.3 Å². The summed E-state index contributed by atoms with van der Waals surface area (Å²) < 4.78 is 26.8. The lowest BCUT2D eigenvalue weighted by Gasteiger charge is -2.30. The first-order chi connectivity index (χ1) is 14.3. The van der Waals surface area contributed by atoms with Gasteiger partial charge in [0.25, 0.3) is 5.91 Å². The quantitative estimate of drug-likeness (QED) is 0.749. The summed E-state index contributed by atoms with van der Waals surface area (Å²) in [5, 5.41) is 0.923. The van der Waals surface area contributed by atoms with E-state index in [0.717, 1.165) is 74.5 Å². The first kappa shape index (κ1) is 20.1. The lowest BCUT2D eigenvalue weighted by atomic mass is 9.98. The Morgan fingerprint density at radius 2 is 1.83 bits per heavy atom. The summed E-state index contributed by atoms with van der Waals surface area (Å²) in [6.45, 7) is 6.60. The number of benzene rings is 1. The van der Waals surface area contributed by atoms with E-state index < -0.39 is 10.0 Å². The van der Waals surface area contributed by atoms with Crippen molar-refractivity contribution < 1.29 is 13.2 Å². The van der Waals surface area contributed by atoms with Gasteiger partial charge in [-0.15, -0.1) is 0 Å². The monoisotopic (exact) mass is 429 g/mol. The molecule has 2 fully saturated rings. The lowest BCUT2D eigenvalue weighted by Crippen LogP contribution is -2.37. The van der Waals surface area contributed by atoms with Crippen LogP contribution in [0.15, 0.2) is 18.2 Å². The second-order valence-corrected chi connectivity index (χ2v) is 11.4. The largest absolute Gasteiger partial charge is 0.339 e. The Morgan fingerprint density at radius 3 is 2.50 bits per heavy atom. The third-order valence-corrected chi connectivity index (χ3v) is 8.12. The lowest BCUT2D eigenvalue weighted by molar-refractivity contribution is 0.0697. The van der Waals surface area contributed by atoms with Crippen molar-refractivity contribution in [1.82, 2.24) is 13.8 Å². The highest BCUT2D eigenvalue weighted by atomic mass is 32.2. The molecule has 3 heterocycles. The van der Waals surface area contributed by atoms with Gasteiger partial charge >= 0.3 is 0 Å². The molecular formula is C23H31N3O3S. The molecule has 1 aromatic heterocycles. The minimum atomic E-state index is -3.41. The standard InChI is InChI=1S/C23H31N3O3S/c1-16-7-11-25(12-8-16)23(27)18-5-6-21-19(13-18)20-15-24(14-17-3-4-17)10-9-22(20)26(21)30(2,28)29/h5-6,13,16-17H,3-4,7-12,14-15H2,1-2H3. The van der Waals surface area contributed by atoms with Crippen molar-refractivity contribution >= 4 is 26.8 Å². The summed E-state index contributed by atoms with van der Waals surface area (Å²) in [4.78, 5) is 17.5. The Labute approximate surface area is 178 Å². The van der Waals surface area contributed by atoms with Crippen LogP contribution in [0.1, 0.15) is 54.2 Å². The number of hydrogen-bond acceptors (Lipinski definition) is 4. The first-order valence-electron chi connectivity index (χ1n) is 11.2. The number of fused-ring (bicyclic) bond motifs is 3. The van der Waals surface area contributed by atoms with Crippen molar-refractivity contribution in [2.45, 2.75) is 45.6 Å². The molecule has 3 aliphatic rings. The first-order valence-corrected chi connectivity index (χ1v) is 13.0. The normalized spacial score (nSPS) is 21.2. The Kier molecular flexibility index (Phi) is 4.93. The molecule has 0 atom stereocenters. The molecule has 1 aromatic carbocycles. The zero-order valence-electron chi connectivity index (χ0n) is 17.9. The molecule has 0 spiro atoms. The number of piperidine rings is 1. The summed E-state index contributed by atoms with van der Waals surface area (Å²) in [7, 11) is -3.41. The van der Waals surface area contributed by atoms with Gasteiger partial charge < -0.3 is 4.90 Å². The van der Waals surface area contributed by atoms with Crippen molar-refractivity contribution in [3.63, 3.8) is 0 Å². The van der Waals surface area contributed by atoms with Gasteiger partial charge in [-0.25, -0.2) is 12.4 Å². The van der Waals surface area contributed by atoms with Crippen LogP contribution in [0.25, 0.3) is 10.9 Å². The molecule has 6 nitrogen and oxygen atoms in total. The number of rotatable bonds is 4. The van der Waals surface area contributed by atoms with E-state index in [1.54, 1.807) is 6.07 Å². The van der Waals surface area contributed by atoms with Crippen LogP contribution in [0.2, 0.25) is 0 Å². The van der Waals surface area contributed by atoms with Crippen molar-refractivity contribution in [2.75, 3.05) is 32.4 Å². The van der Waals surface area contributed by atoms with Gasteiger partial charge in [-0.2, -0.15) is 0 Å².